The van der Waals surface area contributed by atoms with Crippen LogP contribution in [0.2, 0.25) is 0 Å². The molecule has 2 aromatic carbocycles. The van der Waals surface area contributed by atoms with Crippen molar-refractivity contribution in [2.45, 2.75) is 26.8 Å². The molecule has 0 bridgehead atoms. The van der Waals surface area contributed by atoms with E-state index in [1.165, 1.54) is 21.6 Å². The zero-order valence-electron chi connectivity index (χ0n) is 16.6. The van der Waals surface area contributed by atoms with Crippen LogP contribution in [0.4, 0.5) is 11.4 Å². The van der Waals surface area contributed by atoms with Crippen LogP contribution in [-0.2, 0) is 6.54 Å². The Labute approximate surface area is 165 Å². The number of aromatic nitrogens is 3. The Bertz CT molecular complexity index is 963. The summed E-state index contributed by atoms with van der Waals surface area (Å²) in [5.74, 6) is 0. The molecule has 1 aliphatic heterocycles. The summed E-state index contributed by atoms with van der Waals surface area (Å²) in [6.45, 7) is 8.80. The molecule has 0 atom stereocenters. The summed E-state index contributed by atoms with van der Waals surface area (Å²) in [5, 5.41) is 4.19. The molecule has 3 aromatic rings. The lowest BCUT2D eigenvalue weighted by Gasteiger charge is -2.37. The Kier molecular flexibility index (Phi) is 5.19. The second-order valence-corrected chi connectivity index (χ2v) is 7.33. The number of hydrogen-bond acceptors (Lipinski definition) is 4. The zero-order chi connectivity index (χ0) is 19.5. The van der Waals surface area contributed by atoms with Gasteiger partial charge in [-0.05, 0) is 49.7 Å². The van der Waals surface area contributed by atoms with Crippen LogP contribution in [0.25, 0.3) is 5.69 Å². The van der Waals surface area contributed by atoms with Crippen LogP contribution in [0, 0.1) is 6.92 Å². The number of hydrogen-bond donors (Lipinski definition) is 0. The molecule has 0 N–H and O–H groups in total. The molecule has 1 aromatic heterocycles. The smallest absolute Gasteiger partial charge is 0.350 e. The van der Waals surface area contributed by atoms with E-state index in [9.17, 15) is 4.79 Å². The summed E-state index contributed by atoms with van der Waals surface area (Å²) in [7, 11) is 0. The quantitative estimate of drug-likeness (QED) is 0.686. The van der Waals surface area contributed by atoms with Gasteiger partial charge in [-0.25, -0.2) is 14.0 Å². The summed E-state index contributed by atoms with van der Waals surface area (Å²) in [4.78, 5) is 17.2. The van der Waals surface area contributed by atoms with Crippen LogP contribution in [0.15, 0.2) is 59.7 Å². The molecule has 1 saturated heterocycles. The molecule has 1 aliphatic rings. The molecule has 0 radical (unpaired) electrons. The van der Waals surface area contributed by atoms with E-state index < -0.39 is 0 Å². The number of benzene rings is 2. The highest BCUT2D eigenvalue weighted by atomic mass is 16.2. The average Bonchev–Trinajstić information content (AvgIpc) is 3.10. The molecule has 0 aliphatic carbocycles. The van der Waals surface area contributed by atoms with Crippen LogP contribution >= 0.6 is 0 Å². The second kappa shape index (κ2) is 7.92. The van der Waals surface area contributed by atoms with Crippen molar-refractivity contribution in [3.8, 4) is 5.69 Å². The van der Waals surface area contributed by atoms with Crippen LogP contribution in [0.3, 0.4) is 0 Å². The fourth-order valence-corrected chi connectivity index (χ4v) is 3.68. The third kappa shape index (κ3) is 3.67. The highest BCUT2D eigenvalue weighted by Gasteiger charge is 2.17. The van der Waals surface area contributed by atoms with E-state index in [0.29, 0.717) is 6.54 Å². The lowest BCUT2D eigenvalue weighted by Crippen LogP contribution is -2.46. The van der Waals surface area contributed by atoms with E-state index in [1.54, 1.807) is 10.9 Å². The van der Waals surface area contributed by atoms with Gasteiger partial charge in [0.25, 0.3) is 0 Å². The number of piperazine rings is 1. The Morgan fingerprint density at radius 1 is 0.821 bits per heavy atom. The maximum atomic E-state index is 12.4. The van der Waals surface area contributed by atoms with E-state index in [0.717, 1.165) is 38.3 Å². The molecule has 28 heavy (non-hydrogen) atoms. The molecular formula is C22H27N5O. The molecule has 0 spiro atoms. The van der Waals surface area contributed by atoms with Gasteiger partial charge in [0.1, 0.15) is 6.33 Å². The van der Waals surface area contributed by atoms with Gasteiger partial charge < -0.3 is 9.80 Å². The van der Waals surface area contributed by atoms with Gasteiger partial charge in [-0.1, -0.05) is 24.6 Å². The van der Waals surface area contributed by atoms with E-state index >= 15 is 0 Å². The summed E-state index contributed by atoms with van der Waals surface area (Å²) >= 11 is 0. The van der Waals surface area contributed by atoms with Crippen molar-refractivity contribution < 1.29 is 0 Å². The van der Waals surface area contributed by atoms with Crippen LogP contribution in [-0.4, -0.2) is 40.5 Å². The minimum Gasteiger partial charge on any atom is -0.368 e. The van der Waals surface area contributed by atoms with Crippen molar-refractivity contribution in [1.29, 1.82) is 0 Å². The lowest BCUT2D eigenvalue weighted by atomic mass is 10.2. The van der Waals surface area contributed by atoms with Gasteiger partial charge in [-0.3, -0.25) is 0 Å². The van der Waals surface area contributed by atoms with E-state index in [-0.39, 0.29) is 5.69 Å². The summed E-state index contributed by atoms with van der Waals surface area (Å²) in [6, 6.07) is 16.9. The fourth-order valence-electron chi connectivity index (χ4n) is 3.68. The van der Waals surface area contributed by atoms with E-state index in [1.807, 2.05) is 19.1 Å². The molecule has 0 saturated carbocycles. The van der Waals surface area contributed by atoms with Crippen molar-refractivity contribution in [2.24, 2.45) is 0 Å². The molecule has 6 heteroatoms. The summed E-state index contributed by atoms with van der Waals surface area (Å²) in [5.41, 5.74) is 4.56. The number of anilines is 2. The van der Waals surface area contributed by atoms with Gasteiger partial charge in [-0.2, -0.15) is 5.10 Å². The van der Waals surface area contributed by atoms with Crippen LogP contribution in [0.1, 0.15) is 18.9 Å². The van der Waals surface area contributed by atoms with Gasteiger partial charge in [0.2, 0.25) is 0 Å². The summed E-state index contributed by atoms with van der Waals surface area (Å²) < 4.78 is 3.12. The molecule has 4 rings (SSSR count). The molecule has 146 valence electrons. The standard InChI is InChI=1S/C22H27N5O/c1-3-12-27-22(28)26(17-23-27)21-10-8-20(9-11-21)25-15-13-24(14-16-25)19-6-4-18(2)5-7-19/h4-11,17H,3,12-16H2,1-2H3. The Morgan fingerprint density at radius 3 is 1.86 bits per heavy atom. The Hall–Kier alpha value is -3.02. The van der Waals surface area contributed by atoms with Crippen molar-refractivity contribution in [2.75, 3.05) is 36.0 Å². The average molecular weight is 377 g/mol. The Balaban J connectivity index is 1.42. The zero-order valence-corrected chi connectivity index (χ0v) is 16.6. The van der Waals surface area contributed by atoms with E-state index in [4.69, 9.17) is 0 Å². The van der Waals surface area contributed by atoms with E-state index in [2.05, 4.69) is 58.2 Å². The van der Waals surface area contributed by atoms with Crippen molar-refractivity contribution in [3.05, 3.63) is 70.9 Å². The molecule has 2 heterocycles. The molecule has 1 fully saturated rings. The van der Waals surface area contributed by atoms with Gasteiger partial charge in [0.15, 0.2) is 0 Å². The summed E-state index contributed by atoms with van der Waals surface area (Å²) in [6.07, 6.45) is 2.50. The van der Waals surface area contributed by atoms with Gasteiger partial charge in [0.05, 0.1) is 5.69 Å². The van der Waals surface area contributed by atoms with Gasteiger partial charge in [-0.15, -0.1) is 0 Å². The normalized spacial score (nSPS) is 14.5. The first-order valence-corrected chi connectivity index (χ1v) is 9.97. The van der Waals surface area contributed by atoms with Gasteiger partial charge in [0, 0.05) is 44.1 Å². The number of rotatable bonds is 5. The first kappa shape index (κ1) is 18.3. The first-order valence-electron chi connectivity index (χ1n) is 9.97. The number of aryl methyl sites for hydroxylation is 2. The minimum atomic E-state index is -0.0821. The highest BCUT2D eigenvalue weighted by Crippen LogP contribution is 2.22. The third-order valence-corrected chi connectivity index (χ3v) is 5.34. The molecular weight excluding hydrogens is 350 g/mol. The fraction of sp³-hybridized carbons (Fsp3) is 0.364. The third-order valence-electron chi connectivity index (χ3n) is 5.34. The first-order chi connectivity index (χ1) is 13.7. The van der Waals surface area contributed by atoms with Crippen molar-refractivity contribution in [3.63, 3.8) is 0 Å². The number of nitrogens with zero attached hydrogens (tertiary/aromatic N) is 5. The Morgan fingerprint density at radius 2 is 1.32 bits per heavy atom. The lowest BCUT2D eigenvalue weighted by molar-refractivity contribution is 0.578. The minimum absolute atomic E-state index is 0.0821. The predicted molar refractivity (Wildman–Crippen MR) is 114 cm³/mol. The maximum absolute atomic E-state index is 12.4. The van der Waals surface area contributed by atoms with Crippen molar-refractivity contribution in [1.82, 2.24) is 14.3 Å². The maximum Gasteiger partial charge on any atom is 0.350 e. The van der Waals surface area contributed by atoms with Crippen molar-refractivity contribution >= 4 is 11.4 Å². The molecule has 0 amide bonds. The predicted octanol–water partition coefficient (Wildman–Crippen LogP) is 3.08. The molecule has 6 nitrogen and oxygen atoms in total. The van der Waals surface area contributed by atoms with Gasteiger partial charge >= 0.3 is 5.69 Å². The molecule has 0 unspecified atom stereocenters. The second-order valence-electron chi connectivity index (χ2n) is 7.33. The van der Waals surface area contributed by atoms with Crippen LogP contribution in [0.5, 0.6) is 0 Å². The topological polar surface area (TPSA) is 46.3 Å². The largest absolute Gasteiger partial charge is 0.368 e. The monoisotopic (exact) mass is 377 g/mol. The SMILES string of the molecule is CCCn1ncn(-c2ccc(N3CCN(c4ccc(C)cc4)CC3)cc2)c1=O. The van der Waals surface area contributed by atoms with Crippen LogP contribution < -0.4 is 15.5 Å². The highest BCUT2D eigenvalue weighted by molar-refractivity contribution is 5.54.